The zero-order valence-corrected chi connectivity index (χ0v) is 19.1. The minimum atomic E-state index is -0.565. The summed E-state index contributed by atoms with van der Waals surface area (Å²) in [4.78, 5) is 44.4. The van der Waals surface area contributed by atoms with Gasteiger partial charge in [-0.1, -0.05) is 6.07 Å². The van der Waals surface area contributed by atoms with Crippen LogP contribution in [0.5, 0.6) is 0 Å². The molecule has 2 fully saturated rings. The van der Waals surface area contributed by atoms with Crippen LogP contribution in [0.1, 0.15) is 36.8 Å². The Morgan fingerprint density at radius 2 is 2.12 bits per heavy atom. The van der Waals surface area contributed by atoms with Gasteiger partial charge in [-0.25, -0.2) is 4.98 Å². The number of anilines is 1. The van der Waals surface area contributed by atoms with Crippen molar-refractivity contribution in [2.75, 3.05) is 31.1 Å². The Morgan fingerprint density at radius 3 is 2.76 bits per heavy atom. The van der Waals surface area contributed by atoms with Gasteiger partial charge in [-0.05, 0) is 50.3 Å². The highest BCUT2D eigenvalue weighted by molar-refractivity contribution is 6.02. The fourth-order valence-corrected chi connectivity index (χ4v) is 4.44. The number of fused-ring (bicyclic) bond motifs is 1. The fraction of sp³-hybridized carbons (Fsp3) is 0.458. The maximum absolute atomic E-state index is 13.5. The largest absolute Gasteiger partial charge is 0.376 e. The van der Waals surface area contributed by atoms with E-state index in [1.807, 2.05) is 24.0 Å². The summed E-state index contributed by atoms with van der Waals surface area (Å²) in [6, 6.07) is 5.52. The number of nitriles is 1. The summed E-state index contributed by atoms with van der Waals surface area (Å²) in [6.07, 6.45) is 5.73. The number of hydrogen-bond donors (Lipinski definition) is 2. The zero-order valence-electron chi connectivity index (χ0n) is 19.1. The van der Waals surface area contributed by atoms with E-state index in [-0.39, 0.29) is 34.6 Å². The highest BCUT2D eigenvalue weighted by Crippen LogP contribution is 2.26. The van der Waals surface area contributed by atoms with Gasteiger partial charge in [0, 0.05) is 38.4 Å². The number of nitrogens with two attached hydrogens (primary N) is 1. The monoisotopic (exact) mass is 464 g/mol. The van der Waals surface area contributed by atoms with Crippen molar-refractivity contribution in [3.63, 3.8) is 0 Å². The van der Waals surface area contributed by atoms with Crippen molar-refractivity contribution in [3.05, 3.63) is 45.4 Å². The van der Waals surface area contributed by atoms with Crippen LogP contribution in [0.25, 0.3) is 11.7 Å². The minimum Gasteiger partial charge on any atom is -0.376 e. The smallest absolute Gasteiger partial charge is 0.267 e. The van der Waals surface area contributed by atoms with Crippen molar-refractivity contribution in [1.82, 2.24) is 14.7 Å². The molecule has 3 N–H and O–H groups in total. The average Bonchev–Trinajstić information content (AvgIpc) is 3.36. The number of carbonyl (C=O) groups is 2. The molecule has 2 saturated heterocycles. The van der Waals surface area contributed by atoms with E-state index in [4.69, 9.17) is 15.5 Å². The third-order valence-electron chi connectivity index (χ3n) is 6.43. The predicted molar refractivity (Wildman–Crippen MR) is 126 cm³/mol. The predicted octanol–water partition coefficient (Wildman–Crippen LogP) is 0.907. The number of pyridine rings is 1. The number of aryl methyl sites for hydroxylation is 1. The van der Waals surface area contributed by atoms with Crippen molar-refractivity contribution in [2.45, 2.75) is 38.7 Å². The number of nitrogens with one attached hydrogen (secondary N) is 1. The van der Waals surface area contributed by atoms with Crippen LogP contribution in [0.4, 0.5) is 5.82 Å². The third-order valence-corrected chi connectivity index (χ3v) is 6.43. The number of hydrogen-bond acceptors (Lipinski definition) is 7. The van der Waals surface area contributed by atoms with Crippen molar-refractivity contribution < 1.29 is 14.3 Å². The summed E-state index contributed by atoms with van der Waals surface area (Å²) < 4.78 is 6.93. The van der Waals surface area contributed by atoms with Crippen LogP contribution in [0.2, 0.25) is 0 Å². The number of piperidine rings is 1. The Hall–Kier alpha value is -3.71. The third kappa shape index (κ3) is 4.79. The standard InChI is InChI=1S/C24H28N6O4/c1-15-4-2-8-30-21(15)28-22(29-9-6-16(7-10-29)20(26)31)19(24(30)33)12-17(13-25)23(32)27-14-18-5-3-11-34-18/h2,4,8,12,16,18H,3,5-7,9-11,14H2,1H3,(H2,26,31)(H,27,32). The SMILES string of the molecule is Cc1cccn2c(=O)c(C=C(C#N)C(=O)NCC3CCCO3)c(N3CCC(C(N)=O)CC3)nc12. The molecule has 2 aliphatic rings. The second kappa shape index (κ2) is 10.1. The maximum atomic E-state index is 13.5. The maximum Gasteiger partial charge on any atom is 0.267 e. The molecule has 1 atom stereocenters. The van der Waals surface area contributed by atoms with Gasteiger partial charge in [0.2, 0.25) is 5.91 Å². The molecule has 2 aromatic heterocycles. The van der Waals surface area contributed by atoms with Crippen molar-refractivity contribution >= 4 is 29.4 Å². The summed E-state index contributed by atoms with van der Waals surface area (Å²) >= 11 is 0. The van der Waals surface area contributed by atoms with Gasteiger partial charge in [0.15, 0.2) is 0 Å². The summed E-state index contributed by atoms with van der Waals surface area (Å²) in [6.45, 7) is 3.79. The Morgan fingerprint density at radius 1 is 1.35 bits per heavy atom. The van der Waals surface area contributed by atoms with Gasteiger partial charge in [0.1, 0.15) is 23.1 Å². The topological polar surface area (TPSA) is 143 Å². The number of primary amides is 1. The van der Waals surface area contributed by atoms with Crippen LogP contribution in [0.15, 0.2) is 28.7 Å². The van der Waals surface area contributed by atoms with E-state index in [1.165, 1.54) is 10.5 Å². The molecular weight excluding hydrogens is 436 g/mol. The molecule has 2 aliphatic heterocycles. The van der Waals surface area contributed by atoms with Gasteiger partial charge in [0.05, 0.1) is 11.7 Å². The Balaban J connectivity index is 1.72. The molecule has 10 nitrogen and oxygen atoms in total. The second-order valence-corrected chi connectivity index (χ2v) is 8.72. The summed E-state index contributed by atoms with van der Waals surface area (Å²) in [7, 11) is 0. The lowest BCUT2D eigenvalue weighted by Crippen LogP contribution is -2.40. The van der Waals surface area contributed by atoms with Crippen molar-refractivity contribution in [3.8, 4) is 6.07 Å². The van der Waals surface area contributed by atoms with E-state index in [1.54, 1.807) is 12.3 Å². The van der Waals surface area contributed by atoms with Crippen molar-refractivity contribution in [2.24, 2.45) is 11.7 Å². The molecular formula is C24H28N6O4. The number of nitrogens with zero attached hydrogens (tertiary/aromatic N) is 4. The average molecular weight is 465 g/mol. The molecule has 0 bridgehead atoms. The Labute approximate surface area is 197 Å². The van der Waals surface area contributed by atoms with Gasteiger partial charge in [-0.3, -0.25) is 18.8 Å². The molecule has 2 aromatic rings. The van der Waals surface area contributed by atoms with Gasteiger partial charge >= 0.3 is 0 Å². The van der Waals surface area contributed by atoms with Gasteiger partial charge in [-0.2, -0.15) is 5.26 Å². The van der Waals surface area contributed by atoms with E-state index < -0.39 is 5.91 Å². The van der Waals surface area contributed by atoms with Crippen LogP contribution >= 0.6 is 0 Å². The first-order valence-corrected chi connectivity index (χ1v) is 11.5. The lowest BCUT2D eigenvalue weighted by atomic mass is 9.96. The lowest BCUT2D eigenvalue weighted by molar-refractivity contribution is -0.122. The molecule has 0 spiro atoms. The van der Waals surface area contributed by atoms with Crippen LogP contribution < -0.4 is 21.5 Å². The number of aromatic nitrogens is 2. The highest BCUT2D eigenvalue weighted by Gasteiger charge is 2.27. The molecule has 0 radical (unpaired) electrons. The quantitative estimate of drug-likeness (QED) is 0.478. The van der Waals surface area contributed by atoms with Crippen LogP contribution in [-0.2, 0) is 14.3 Å². The summed E-state index contributed by atoms with van der Waals surface area (Å²) in [5.41, 5.74) is 6.38. The van der Waals surface area contributed by atoms with E-state index >= 15 is 0 Å². The number of amides is 2. The first-order valence-electron chi connectivity index (χ1n) is 11.5. The molecule has 10 heteroatoms. The Bertz CT molecular complexity index is 1230. The van der Waals surface area contributed by atoms with E-state index in [9.17, 15) is 19.6 Å². The molecule has 178 valence electrons. The number of rotatable bonds is 6. The van der Waals surface area contributed by atoms with Crippen LogP contribution in [0, 0.1) is 24.2 Å². The Kier molecular flexibility index (Phi) is 6.93. The van der Waals surface area contributed by atoms with Crippen LogP contribution in [0.3, 0.4) is 0 Å². The minimum absolute atomic E-state index is 0.0676. The van der Waals surface area contributed by atoms with Gasteiger partial charge in [0.25, 0.3) is 11.5 Å². The van der Waals surface area contributed by atoms with Crippen molar-refractivity contribution in [1.29, 1.82) is 5.26 Å². The normalized spacial score (nSPS) is 19.2. The highest BCUT2D eigenvalue weighted by atomic mass is 16.5. The van der Waals surface area contributed by atoms with E-state index in [0.29, 0.717) is 50.5 Å². The molecule has 2 amide bonds. The first kappa shape index (κ1) is 23.4. The van der Waals surface area contributed by atoms with Gasteiger partial charge in [-0.15, -0.1) is 0 Å². The molecule has 0 aliphatic carbocycles. The van der Waals surface area contributed by atoms with Gasteiger partial charge < -0.3 is 20.7 Å². The molecule has 0 aromatic carbocycles. The summed E-state index contributed by atoms with van der Waals surface area (Å²) in [5.74, 6) is -0.736. The molecule has 34 heavy (non-hydrogen) atoms. The van der Waals surface area contributed by atoms with E-state index in [2.05, 4.69) is 5.32 Å². The number of carbonyl (C=O) groups excluding carboxylic acids is 2. The second-order valence-electron chi connectivity index (χ2n) is 8.72. The van der Waals surface area contributed by atoms with E-state index in [0.717, 1.165) is 18.4 Å². The zero-order chi connectivity index (χ0) is 24.2. The fourth-order valence-electron chi connectivity index (χ4n) is 4.44. The molecule has 4 rings (SSSR count). The lowest BCUT2D eigenvalue weighted by Gasteiger charge is -2.32. The first-order chi connectivity index (χ1) is 16.4. The molecule has 1 unspecified atom stereocenters. The number of ether oxygens (including phenoxy) is 1. The van der Waals surface area contributed by atoms with Crippen LogP contribution in [-0.4, -0.2) is 53.5 Å². The summed E-state index contributed by atoms with van der Waals surface area (Å²) in [5, 5.41) is 12.4. The molecule has 0 saturated carbocycles. The molecule has 4 heterocycles.